The van der Waals surface area contributed by atoms with Crippen LogP contribution in [0, 0.1) is 13.8 Å². The summed E-state index contributed by atoms with van der Waals surface area (Å²) in [5, 5.41) is 11.7. The van der Waals surface area contributed by atoms with E-state index < -0.39 is 0 Å². The lowest BCUT2D eigenvalue weighted by atomic mass is 9.86. The lowest BCUT2D eigenvalue weighted by Crippen LogP contribution is -2.46. The van der Waals surface area contributed by atoms with Crippen molar-refractivity contribution >= 4 is 29.9 Å². The highest BCUT2D eigenvalue weighted by Gasteiger charge is 2.43. The zero-order valence-corrected chi connectivity index (χ0v) is 21.5. The number of hydrogen-bond acceptors (Lipinski definition) is 3. The van der Waals surface area contributed by atoms with Gasteiger partial charge in [-0.3, -0.25) is 9.67 Å². The van der Waals surface area contributed by atoms with Crippen LogP contribution in [-0.2, 0) is 13.5 Å². The zero-order chi connectivity index (χ0) is 21.1. The minimum Gasteiger partial charge on any atom is -0.487 e. The number of hydrogen-bond donors (Lipinski definition) is 2. The number of halogens is 1. The van der Waals surface area contributed by atoms with Crippen LogP contribution in [0.3, 0.4) is 0 Å². The van der Waals surface area contributed by atoms with E-state index in [1.165, 1.54) is 29.7 Å². The number of benzene rings is 1. The quantitative estimate of drug-likeness (QED) is 0.333. The number of para-hydroxylation sites is 1. The normalized spacial score (nSPS) is 19.5. The van der Waals surface area contributed by atoms with Gasteiger partial charge >= 0.3 is 0 Å². The van der Waals surface area contributed by atoms with Gasteiger partial charge in [-0.25, -0.2) is 0 Å². The van der Waals surface area contributed by atoms with Gasteiger partial charge in [-0.2, -0.15) is 5.10 Å². The average molecular weight is 537 g/mol. The number of rotatable bonds is 5. The second-order valence-corrected chi connectivity index (χ2v) is 8.71. The maximum Gasteiger partial charge on any atom is 0.191 e. The molecule has 1 atom stereocenters. The summed E-state index contributed by atoms with van der Waals surface area (Å²) in [6, 6.07) is 8.68. The van der Waals surface area contributed by atoms with Gasteiger partial charge in [0.05, 0.1) is 11.7 Å². The molecule has 1 aliphatic carbocycles. The predicted molar refractivity (Wildman–Crippen MR) is 137 cm³/mol. The number of fused-ring (bicyclic) bond motifs is 1. The summed E-state index contributed by atoms with van der Waals surface area (Å²) in [6.45, 7) is 7.90. The number of aromatic nitrogens is 2. The van der Waals surface area contributed by atoms with Crippen LogP contribution in [0.2, 0.25) is 0 Å². The number of nitrogens with zero attached hydrogens (tertiary/aromatic N) is 3. The number of aryl methyl sites for hydroxylation is 2. The molecule has 0 amide bonds. The Morgan fingerprint density at radius 1 is 1.26 bits per heavy atom. The summed E-state index contributed by atoms with van der Waals surface area (Å²) in [5.74, 6) is 1.91. The minimum absolute atomic E-state index is 0. The van der Waals surface area contributed by atoms with E-state index in [9.17, 15) is 0 Å². The smallest absolute Gasteiger partial charge is 0.191 e. The molecule has 2 aliphatic rings. The van der Waals surface area contributed by atoms with Gasteiger partial charge in [-0.1, -0.05) is 18.2 Å². The van der Waals surface area contributed by atoms with E-state index in [1.54, 1.807) is 0 Å². The lowest BCUT2D eigenvalue weighted by Gasteiger charge is -2.40. The van der Waals surface area contributed by atoms with Crippen molar-refractivity contribution in [2.45, 2.75) is 70.9 Å². The largest absolute Gasteiger partial charge is 0.487 e. The fraction of sp³-hybridized carbons (Fsp3) is 0.583. The fourth-order valence-corrected chi connectivity index (χ4v) is 5.02. The Morgan fingerprint density at radius 3 is 2.68 bits per heavy atom. The molecule has 1 aromatic heterocycles. The highest BCUT2D eigenvalue weighted by atomic mass is 127. The first kappa shape index (κ1) is 23.9. The van der Waals surface area contributed by atoms with E-state index >= 15 is 0 Å². The van der Waals surface area contributed by atoms with E-state index in [4.69, 9.17) is 9.73 Å². The van der Waals surface area contributed by atoms with Gasteiger partial charge < -0.3 is 15.4 Å². The van der Waals surface area contributed by atoms with Crippen molar-refractivity contribution in [3.63, 3.8) is 0 Å². The monoisotopic (exact) mass is 537 g/mol. The first-order chi connectivity index (χ1) is 14.5. The van der Waals surface area contributed by atoms with E-state index in [-0.39, 0.29) is 35.6 Å². The van der Waals surface area contributed by atoms with Crippen LogP contribution in [0.4, 0.5) is 0 Å². The van der Waals surface area contributed by atoms with E-state index in [1.807, 2.05) is 11.7 Å². The molecule has 2 heterocycles. The first-order valence-corrected chi connectivity index (χ1v) is 11.3. The van der Waals surface area contributed by atoms with Gasteiger partial charge in [-0.05, 0) is 64.5 Å². The molecule has 1 aliphatic heterocycles. The number of nitrogens with one attached hydrogen (secondary N) is 2. The lowest BCUT2D eigenvalue weighted by molar-refractivity contribution is 0.0396. The molecule has 1 aromatic carbocycles. The molecule has 0 saturated heterocycles. The van der Waals surface area contributed by atoms with Crippen LogP contribution in [0.15, 0.2) is 29.3 Å². The Morgan fingerprint density at radius 2 is 2.00 bits per heavy atom. The number of ether oxygens (including phenoxy) is 1. The molecule has 1 spiro atoms. The summed E-state index contributed by atoms with van der Waals surface area (Å²) in [4.78, 5) is 4.90. The molecule has 1 fully saturated rings. The second-order valence-electron chi connectivity index (χ2n) is 8.71. The summed E-state index contributed by atoms with van der Waals surface area (Å²) >= 11 is 0. The maximum atomic E-state index is 6.51. The maximum absolute atomic E-state index is 6.51. The summed E-state index contributed by atoms with van der Waals surface area (Å²) < 4.78 is 8.47. The minimum atomic E-state index is -0.0206. The third-order valence-electron chi connectivity index (χ3n) is 6.66. The molecule has 0 bridgehead atoms. The van der Waals surface area contributed by atoms with Crippen molar-refractivity contribution in [3.05, 3.63) is 46.8 Å². The summed E-state index contributed by atoms with van der Waals surface area (Å²) in [6.07, 6.45) is 6.70. The van der Waals surface area contributed by atoms with Crippen molar-refractivity contribution in [2.75, 3.05) is 13.1 Å². The Bertz CT molecular complexity index is 917. The van der Waals surface area contributed by atoms with E-state index in [2.05, 4.69) is 60.8 Å². The van der Waals surface area contributed by atoms with Crippen molar-refractivity contribution in [1.82, 2.24) is 20.4 Å². The van der Waals surface area contributed by atoms with E-state index in [0.717, 1.165) is 56.2 Å². The molecule has 2 aromatic rings. The molecule has 7 heteroatoms. The van der Waals surface area contributed by atoms with Crippen LogP contribution in [-0.4, -0.2) is 34.4 Å². The van der Waals surface area contributed by atoms with Gasteiger partial charge in [0.15, 0.2) is 5.96 Å². The molecule has 2 N–H and O–H groups in total. The third-order valence-corrected chi connectivity index (χ3v) is 6.66. The molecule has 4 rings (SSSR count). The molecule has 0 radical (unpaired) electrons. The van der Waals surface area contributed by atoms with Crippen molar-refractivity contribution < 1.29 is 4.74 Å². The molecule has 170 valence electrons. The second kappa shape index (κ2) is 10.2. The zero-order valence-electron chi connectivity index (χ0n) is 19.2. The first-order valence-electron chi connectivity index (χ1n) is 11.3. The van der Waals surface area contributed by atoms with Crippen molar-refractivity contribution in [1.29, 1.82) is 0 Å². The number of aliphatic imine (C=N–C) groups is 1. The Balaban J connectivity index is 0.00000272. The van der Waals surface area contributed by atoms with Gasteiger partial charge in [0.2, 0.25) is 0 Å². The average Bonchev–Trinajstić information content (AvgIpc) is 3.27. The van der Waals surface area contributed by atoms with Crippen LogP contribution in [0.5, 0.6) is 5.75 Å². The summed E-state index contributed by atoms with van der Waals surface area (Å²) in [5.41, 5.74) is 4.85. The highest BCUT2D eigenvalue weighted by Crippen LogP contribution is 2.46. The van der Waals surface area contributed by atoms with Crippen molar-refractivity contribution in [3.8, 4) is 5.75 Å². The molecular weight excluding hydrogens is 501 g/mol. The number of guanidine groups is 1. The van der Waals surface area contributed by atoms with Crippen LogP contribution in [0.25, 0.3) is 0 Å². The Labute approximate surface area is 203 Å². The van der Waals surface area contributed by atoms with Gasteiger partial charge in [0.25, 0.3) is 0 Å². The van der Waals surface area contributed by atoms with Crippen LogP contribution in [0.1, 0.15) is 67.6 Å². The molecule has 31 heavy (non-hydrogen) atoms. The Kier molecular flexibility index (Phi) is 7.88. The molecule has 1 saturated carbocycles. The standard InChI is InChI=1S/C24H35N5O.HI/c1-5-25-23(26-15-12-19-17(2)28-29(4)18(19)3)27-21-16-24(13-8-9-14-24)30-22-11-7-6-10-20(21)22;/h6-7,10-11,21H,5,8-9,12-16H2,1-4H3,(H2,25,26,27);1H. The third kappa shape index (κ3) is 5.18. The SMILES string of the molecule is CCNC(=NCCc1c(C)nn(C)c1C)NC1CC2(CCCC2)Oc2ccccc21.I. The van der Waals surface area contributed by atoms with Gasteiger partial charge in [-0.15, -0.1) is 24.0 Å². The molecule has 1 unspecified atom stereocenters. The molecular formula is C24H36IN5O. The van der Waals surface area contributed by atoms with E-state index in [0.29, 0.717) is 0 Å². The summed E-state index contributed by atoms with van der Waals surface area (Å²) in [7, 11) is 2.00. The van der Waals surface area contributed by atoms with Crippen LogP contribution < -0.4 is 15.4 Å². The molecule has 6 nitrogen and oxygen atoms in total. The Hall–Kier alpha value is -1.77. The highest BCUT2D eigenvalue weighted by molar-refractivity contribution is 14.0. The van der Waals surface area contributed by atoms with Gasteiger partial charge in [0.1, 0.15) is 11.4 Å². The van der Waals surface area contributed by atoms with Crippen molar-refractivity contribution in [2.24, 2.45) is 12.0 Å². The van der Waals surface area contributed by atoms with Gasteiger partial charge in [0, 0.05) is 37.8 Å². The fourth-order valence-electron chi connectivity index (χ4n) is 5.02. The van der Waals surface area contributed by atoms with Crippen LogP contribution >= 0.6 is 24.0 Å². The topological polar surface area (TPSA) is 63.5 Å². The predicted octanol–water partition coefficient (Wildman–Crippen LogP) is 4.59.